The van der Waals surface area contributed by atoms with E-state index in [1.807, 2.05) is 13.8 Å². The third kappa shape index (κ3) is 2.00. The maximum Gasteiger partial charge on any atom is 0.168 e. The van der Waals surface area contributed by atoms with Crippen LogP contribution < -0.4 is 5.32 Å². The van der Waals surface area contributed by atoms with Crippen molar-refractivity contribution in [2.75, 3.05) is 11.9 Å². The molecule has 0 aliphatic carbocycles. The van der Waals surface area contributed by atoms with Crippen molar-refractivity contribution in [2.45, 2.75) is 31.9 Å². The van der Waals surface area contributed by atoms with Gasteiger partial charge in [-0.2, -0.15) is 0 Å². The highest BCUT2D eigenvalue weighted by atomic mass is 19.1. The highest BCUT2D eigenvalue weighted by Gasteiger charge is 2.37. The van der Waals surface area contributed by atoms with Crippen LogP contribution in [0, 0.1) is 11.6 Å². The lowest BCUT2D eigenvalue weighted by atomic mass is 9.95. The maximum absolute atomic E-state index is 13.4. The van der Waals surface area contributed by atoms with Crippen LogP contribution in [0.4, 0.5) is 14.6 Å². The topological polar surface area (TPSA) is 34.1 Å². The standard InChI is InChI=1S/C11H14F2N2O/c1-7-11(2,3-4-16-7)15-10-9(13)5-8(12)6-14-10/h5-7H,3-4H2,1-2H3,(H,14,15). The zero-order valence-electron chi connectivity index (χ0n) is 9.26. The number of halogens is 2. The molecule has 0 amide bonds. The molecule has 0 aromatic carbocycles. The minimum Gasteiger partial charge on any atom is -0.376 e. The largest absolute Gasteiger partial charge is 0.376 e. The van der Waals surface area contributed by atoms with Crippen LogP contribution in [0.1, 0.15) is 20.3 Å². The van der Waals surface area contributed by atoms with Gasteiger partial charge in [0.05, 0.1) is 17.8 Å². The third-order valence-corrected chi connectivity index (χ3v) is 3.10. The summed E-state index contributed by atoms with van der Waals surface area (Å²) in [5.41, 5.74) is -0.355. The molecule has 2 heterocycles. The van der Waals surface area contributed by atoms with Gasteiger partial charge in [-0.3, -0.25) is 0 Å². The molecule has 1 aromatic rings. The van der Waals surface area contributed by atoms with E-state index in [1.54, 1.807) is 0 Å². The monoisotopic (exact) mass is 228 g/mol. The van der Waals surface area contributed by atoms with Crippen LogP contribution in [0.3, 0.4) is 0 Å². The van der Waals surface area contributed by atoms with Gasteiger partial charge < -0.3 is 10.1 Å². The zero-order chi connectivity index (χ0) is 11.8. The van der Waals surface area contributed by atoms with E-state index < -0.39 is 11.6 Å². The smallest absolute Gasteiger partial charge is 0.168 e. The van der Waals surface area contributed by atoms with E-state index >= 15 is 0 Å². The molecule has 3 nitrogen and oxygen atoms in total. The summed E-state index contributed by atoms with van der Waals surface area (Å²) in [5, 5.41) is 2.98. The molecule has 0 bridgehead atoms. The fourth-order valence-electron chi connectivity index (χ4n) is 1.78. The first kappa shape index (κ1) is 11.3. The molecule has 16 heavy (non-hydrogen) atoms. The molecule has 2 rings (SSSR count). The minimum absolute atomic E-state index is 0.0289. The van der Waals surface area contributed by atoms with Gasteiger partial charge in [0.2, 0.25) is 0 Å². The van der Waals surface area contributed by atoms with Crippen LogP contribution in [-0.2, 0) is 4.74 Å². The number of rotatable bonds is 2. The van der Waals surface area contributed by atoms with E-state index in [9.17, 15) is 8.78 Å². The first-order chi connectivity index (χ1) is 7.51. The van der Waals surface area contributed by atoms with E-state index in [2.05, 4.69) is 10.3 Å². The molecule has 1 aromatic heterocycles. The number of aromatic nitrogens is 1. The van der Waals surface area contributed by atoms with Gasteiger partial charge in [-0.05, 0) is 20.3 Å². The molecule has 1 saturated heterocycles. The first-order valence-corrected chi connectivity index (χ1v) is 5.22. The number of hydrogen-bond donors (Lipinski definition) is 1. The lowest BCUT2D eigenvalue weighted by molar-refractivity contribution is 0.105. The lowest BCUT2D eigenvalue weighted by Gasteiger charge is -2.29. The molecule has 1 aliphatic heterocycles. The molecule has 0 spiro atoms. The highest BCUT2D eigenvalue weighted by molar-refractivity contribution is 5.39. The zero-order valence-corrected chi connectivity index (χ0v) is 9.26. The van der Waals surface area contributed by atoms with Gasteiger partial charge in [0, 0.05) is 12.7 Å². The summed E-state index contributed by atoms with van der Waals surface area (Å²) < 4.78 is 31.5. The average Bonchev–Trinajstić information content (AvgIpc) is 2.52. The van der Waals surface area contributed by atoms with Crippen LogP contribution in [0.15, 0.2) is 12.3 Å². The fraction of sp³-hybridized carbons (Fsp3) is 0.545. The number of pyridine rings is 1. The molecule has 0 radical (unpaired) electrons. The van der Waals surface area contributed by atoms with Gasteiger partial charge in [-0.15, -0.1) is 0 Å². The van der Waals surface area contributed by atoms with Crippen molar-refractivity contribution >= 4 is 5.82 Å². The van der Waals surface area contributed by atoms with Crippen LogP contribution in [0.25, 0.3) is 0 Å². The molecule has 5 heteroatoms. The molecular formula is C11H14F2N2O. The molecule has 1 aliphatic rings. The molecular weight excluding hydrogens is 214 g/mol. The minimum atomic E-state index is -0.680. The Bertz CT molecular complexity index is 400. The summed E-state index contributed by atoms with van der Waals surface area (Å²) in [7, 11) is 0. The van der Waals surface area contributed by atoms with Crippen molar-refractivity contribution in [3.63, 3.8) is 0 Å². The van der Waals surface area contributed by atoms with Gasteiger partial charge in [-0.1, -0.05) is 0 Å². The SMILES string of the molecule is CC1OCCC1(C)Nc1ncc(F)cc1F. The highest BCUT2D eigenvalue weighted by Crippen LogP contribution is 2.29. The van der Waals surface area contributed by atoms with Gasteiger partial charge in [-0.25, -0.2) is 13.8 Å². The number of nitrogens with zero attached hydrogens (tertiary/aromatic N) is 1. The normalized spacial score (nSPS) is 29.4. The summed E-state index contributed by atoms with van der Waals surface area (Å²) in [6.07, 6.45) is 1.74. The van der Waals surface area contributed by atoms with E-state index in [4.69, 9.17) is 4.74 Å². The van der Waals surface area contributed by atoms with Crippen LogP contribution in [0.5, 0.6) is 0 Å². The van der Waals surface area contributed by atoms with Gasteiger partial charge in [0.15, 0.2) is 11.6 Å². The molecule has 2 unspecified atom stereocenters. The van der Waals surface area contributed by atoms with Crippen molar-refractivity contribution < 1.29 is 13.5 Å². The number of nitrogens with one attached hydrogen (secondary N) is 1. The van der Waals surface area contributed by atoms with Crippen molar-refractivity contribution in [2.24, 2.45) is 0 Å². The average molecular weight is 228 g/mol. The summed E-state index contributed by atoms with van der Waals surface area (Å²) >= 11 is 0. The second-order valence-electron chi connectivity index (χ2n) is 4.29. The maximum atomic E-state index is 13.4. The van der Waals surface area contributed by atoms with Gasteiger partial charge >= 0.3 is 0 Å². The van der Waals surface area contributed by atoms with E-state index in [0.29, 0.717) is 6.61 Å². The number of anilines is 1. The van der Waals surface area contributed by atoms with Crippen molar-refractivity contribution in [3.8, 4) is 0 Å². The molecule has 1 fully saturated rings. The Morgan fingerprint density at radius 1 is 1.56 bits per heavy atom. The summed E-state index contributed by atoms with van der Waals surface area (Å²) in [5.74, 6) is -1.29. The summed E-state index contributed by atoms with van der Waals surface area (Å²) in [4.78, 5) is 3.70. The Balaban J connectivity index is 2.20. The molecule has 1 N–H and O–H groups in total. The van der Waals surface area contributed by atoms with Crippen molar-refractivity contribution in [1.29, 1.82) is 0 Å². The molecule has 0 saturated carbocycles. The van der Waals surface area contributed by atoms with Crippen molar-refractivity contribution in [1.82, 2.24) is 4.98 Å². The van der Waals surface area contributed by atoms with Crippen LogP contribution >= 0.6 is 0 Å². The predicted molar refractivity (Wildman–Crippen MR) is 56.2 cm³/mol. The number of ether oxygens (including phenoxy) is 1. The Kier molecular flexibility index (Phi) is 2.80. The Morgan fingerprint density at radius 3 is 2.88 bits per heavy atom. The van der Waals surface area contributed by atoms with Crippen molar-refractivity contribution in [3.05, 3.63) is 23.9 Å². The second-order valence-corrected chi connectivity index (χ2v) is 4.29. The van der Waals surface area contributed by atoms with E-state index in [-0.39, 0.29) is 17.5 Å². The molecule has 2 atom stereocenters. The van der Waals surface area contributed by atoms with Crippen LogP contribution in [0.2, 0.25) is 0 Å². The van der Waals surface area contributed by atoms with Gasteiger partial charge in [0.25, 0.3) is 0 Å². The fourth-order valence-corrected chi connectivity index (χ4v) is 1.78. The van der Waals surface area contributed by atoms with Gasteiger partial charge in [0.1, 0.15) is 5.82 Å². The summed E-state index contributed by atoms with van der Waals surface area (Å²) in [6, 6.07) is 0.819. The second kappa shape index (κ2) is 3.97. The Hall–Kier alpha value is -1.23. The Morgan fingerprint density at radius 2 is 2.31 bits per heavy atom. The number of hydrogen-bond acceptors (Lipinski definition) is 3. The van der Waals surface area contributed by atoms with E-state index in [1.165, 1.54) is 0 Å². The first-order valence-electron chi connectivity index (χ1n) is 5.22. The molecule has 88 valence electrons. The lowest BCUT2D eigenvalue weighted by Crippen LogP contribution is -2.41. The Labute approximate surface area is 92.8 Å². The summed E-state index contributed by atoms with van der Waals surface area (Å²) in [6.45, 7) is 4.49. The van der Waals surface area contributed by atoms with E-state index in [0.717, 1.165) is 18.7 Å². The quantitative estimate of drug-likeness (QED) is 0.843. The van der Waals surface area contributed by atoms with Crippen LogP contribution in [-0.4, -0.2) is 23.2 Å². The predicted octanol–water partition coefficient (Wildman–Crippen LogP) is 2.34. The third-order valence-electron chi connectivity index (χ3n) is 3.10.